The van der Waals surface area contributed by atoms with Gasteiger partial charge in [0.25, 0.3) is 0 Å². The fourth-order valence-electron chi connectivity index (χ4n) is 2.48. The summed E-state index contributed by atoms with van der Waals surface area (Å²) >= 11 is 0. The van der Waals surface area contributed by atoms with Gasteiger partial charge in [-0.15, -0.1) is 0 Å². The number of hydrogen-bond donors (Lipinski definition) is 1. The van der Waals surface area contributed by atoms with Gasteiger partial charge in [0.2, 0.25) is 0 Å². The average Bonchev–Trinajstić information content (AvgIpc) is 2.65. The van der Waals surface area contributed by atoms with E-state index in [0.29, 0.717) is 6.04 Å². The first-order valence-corrected chi connectivity index (χ1v) is 6.09. The average molecular weight is 219 g/mol. The van der Waals surface area contributed by atoms with Crippen molar-refractivity contribution >= 4 is 5.82 Å². The van der Waals surface area contributed by atoms with Crippen LogP contribution in [0.5, 0.6) is 0 Å². The van der Waals surface area contributed by atoms with E-state index in [4.69, 9.17) is 0 Å². The maximum Gasteiger partial charge on any atom is 0.131 e. The molecule has 2 rings (SSSR count). The summed E-state index contributed by atoms with van der Waals surface area (Å²) in [6, 6.07) is 2.88. The van der Waals surface area contributed by atoms with E-state index in [0.717, 1.165) is 13.1 Å². The summed E-state index contributed by atoms with van der Waals surface area (Å²) in [6.45, 7) is 6.49. The van der Waals surface area contributed by atoms with Crippen LogP contribution in [0, 0.1) is 6.92 Å². The van der Waals surface area contributed by atoms with Crippen LogP contribution in [0.2, 0.25) is 0 Å². The first-order chi connectivity index (χ1) is 7.72. The minimum Gasteiger partial charge on any atom is -0.354 e. The lowest BCUT2D eigenvalue weighted by Crippen LogP contribution is -2.28. The second-order valence-corrected chi connectivity index (χ2v) is 4.70. The van der Waals surface area contributed by atoms with Crippen molar-refractivity contribution < 1.29 is 0 Å². The Labute approximate surface area is 97.9 Å². The molecular weight excluding hydrogens is 198 g/mol. The zero-order valence-electron chi connectivity index (χ0n) is 10.5. The molecule has 0 bridgehead atoms. The molecule has 16 heavy (non-hydrogen) atoms. The highest BCUT2D eigenvalue weighted by Crippen LogP contribution is 2.26. The first-order valence-electron chi connectivity index (χ1n) is 6.09. The second-order valence-electron chi connectivity index (χ2n) is 4.70. The normalized spacial score (nSPS) is 20.4. The van der Waals surface area contributed by atoms with Gasteiger partial charge in [-0.2, -0.15) is 0 Å². The van der Waals surface area contributed by atoms with Crippen molar-refractivity contribution in [2.24, 2.45) is 0 Å². The molecule has 2 heterocycles. The lowest BCUT2D eigenvalue weighted by Gasteiger charge is -2.24. The van der Waals surface area contributed by atoms with Gasteiger partial charge in [0.05, 0.1) is 0 Å². The molecule has 1 unspecified atom stereocenters. The number of aryl methyl sites for hydroxylation is 1. The van der Waals surface area contributed by atoms with Crippen LogP contribution in [0.15, 0.2) is 12.3 Å². The molecule has 0 saturated carbocycles. The highest BCUT2D eigenvalue weighted by atomic mass is 15.2. The van der Waals surface area contributed by atoms with Crippen LogP contribution in [0.4, 0.5) is 5.82 Å². The maximum absolute atomic E-state index is 4.62. The Balaban J connectivity index is 2.21. The van der Waals surface area contributed by atoms with Gasteiger partial charge in [0.15, 0.2) is 0 Å². The van der Waals surface area contributed by atoms with Crippen LogP contribution in [-0.4, -0.2) is 24.6 Å². The molecule has 0 spiro atoms. The Morgan fingerprint density at radius 2 is 2.38 bits per heavy atom. The summed E-state index contributed by atoms with van der Waals surface area (Å²) in [5, 5.41) is 3.16. The van der Waals surface area contributed by atoms with Crippen LogP contribution in [0.3, 0.4) is 0 Å². The molecule has 3 heteroatoms. The summed E-state index contributed by atoms with van der Waals surface area (Å²) in [6.07, 6.45) is 4.57. The van der Waals surface area contributed by atoms with Crippen molar-refractivity contribution in [3.63, 3.8) is 0 Å². The lowest BCUT2D eigenvalue weighted by atomic mass is 10.2. The van der Waals surface area contributed by atoms with E-state index in [1.807, 2.05) is 13.2 Å². The third-order valence-electron chi connectivity index (χ3n) is 3.31. The summed E-state index contributed by atoms with van der Waals surface area (Å²) in [5.74, 6) is 1.17. The molecule has 1 atom stereocenters. The SMILES string of the molecule is CNCc1cnc(N2CCCC2C)c(C)c1. The minimum atomic E-state index is 0.640. The number of pyridine rings is 1. The molecule has 0 radical (unpaired) electrons. The molecular formula is C13H21N3. The summed E-state index contributed by atoms with van der Waals surface area (Å²) in [4.78, 5) is 7.04. The molecule has 3 nitrogen and oxygen atoms in total. The van der Waals surface area contributed by atoms with E-state index in [2.05, 4.69) is 35.1 Å². The Kier molecular flexibility index (Phi) is 3.44. The largest absolute Gasteiger partial charge is 0.354 e. The minimum absolute atomic E-state index is 0.640. The molecule has 0 aliphatic carbocycles. The monoisotopic (exact) mass is 219 g/mol. The number of aromatic nitrogens is 1. The van der Waals surface area contributed by atoms with E-state index >= 15 is 0 Å². The van der Waals surface area contributed by atoms with Crippen molar-refractivity contribution in [2.45, 2.75) is 39.3 Å². The summed E-state index contributed by atoms with van der Waals surface area (Å²) in [5.41, 5.74) is 2.55. The Bertz CT molecular complexity index is 362. The van der Waals surface area contributed by atoms with Crippen molar-refractivity contribution in [2.75, 3.05) is 18.5 Å². The molecule has 1 aromatic heterocycles. The van der Waals surface area contributed by atoms with E-state index in [-0.39, 0.29) is 0 Å². The number of nitrogens with one attached hydrogen (secondary N) is 1. The van der Waals surface area contributed by atoms with Crippen LogP contribution in [0.1, 0.15) is 30.9 Å². The molecule has 0 aromatic carbocycles. The van der Waals surface area contributed by atoms with Gasteiger partial charge >= 0.3 is 0 Å². The first kappa shape index (κ1) is 11.4. The molecule has 1 aromatic rings. The van der Waals surface area contributed by atoms with Crippen molar-refractivity contribution in [1.82, 2.24) is 10.3 Å². The van der Waals surface area contributed by atoms with E-state index in [1.54, 1.807) is 0 Å². The Hall–Kier alpha value is -1.09. The second kappa shape index (κ2) is 4.83. The highest BCUT2D eigenvalue weighted by molar-refractivity contribution is 5.49. The standard InChI is InChI=1S/C13H21N3/c1-10-7-12(8-14-3)9-15-13(10)16-6-4-5-11(16)2/h7,9,11,14H,4-6,8H2,1-3H3. The van der Waals surface area contributed by atoms with Crippen LogP contribution in [0.25, 0.3) is 0 Å². The van der Waals surface area contributed by atoms with Gasteiger partial charge in [0, 0.05) is 25.3 Å². The number of nitrogens with zero attached hydrogens (tertiary/aromatic N) is 2. The number of anilines is 1. The topological polar surface area (TPSA) is 28.2 Å². The van der Waals surface area contributed by atoms with Crippen LogP contribution in [-0.2, 0) is 6.54 Å². The van der Waals surface area contributed by atoms with Crippen molar-refractivity contribution in [1.29, 1.82) is 0 Å². The highest BCUT2D eigenvalue weighted by Gasteiger charge is 2.22. The summed E-state index contributed by atoms with van der Waals surface area (Å²) in [7, 11) is 1.96. The molecule has 88 valence electrons. The molecule has 1 N–H and O–H groups in total. The predicted molar refractivity (Wildman–Crippen MR) is 67.8 cm³/mol. The predicted octanol–water partition coefficient (Wildman–Crippen LogP) is 2.10. The Morgan fingerprint density at radius 3 is 2.94 bits per heavy atom. The number of rotatable bonds is 3. The molecule has 1 aliphatic heterocycles. The fourth-order valence-corrected chi connectivity index (χ4v) is 2.48. The van der Waals surface area contributed by atoms with Gasteiger partial charge in [-0.05, 0) is 50.9 Å². The number of hydrogen-bond acceptors (Lipinski definition) is 3. The van der Waals surface area contributed by atoms with Gasteiger partial charge < -0.3 is 10.2 Å². The summed E-state index contributed by atoms with van der Waals surface area (Å²) < 4.78 is 0. The molecule has 1 saturated heterocycles. The van der Waals surface area contributed by atoms with Gasteiger partial charge in [0.1, 0.15) is 5.82 Å². The van der Waals surface area contributed by atoms with Crippen molar-refractivity contribution in [3.8, 4) is 0 Å². The smallest absolute Gasteiger partial charge is 0.131 e. The van der Waals surface area contributed by atoms with E-state index in [9.17, 15) is 0 Å². The Morgan fingerprint density at radius 1 is 1.56 bits per heavy atom. The third-order valence-corrected chi connectivity index (χ3v) is 3.31. The zero-order valence-corrected chi connectivity index (χ0v) is 10.5. The van der Waals surface area contributed by atoms with Crippen LogP contribution < -0.4 is 10.2 Å². The maximum atomic E-state index is 4.62. The zero-order chi connectivity index (χ0) is 11.5. The quantitative estimate of drug-likeness (QED) is 0.844. The lowest BCUT2D eigenvalue weighted by molar-refractivity contribution is 0.723. The molecule has 0 amide bonds. The fraction of sp³-hybridized carbons (Fsp3) is 0.615. The van der Waals surface area contributed by atoms with Crippen molar-refractivity contribution in [3.05, 3.63) is 23.4 Å². The molecule has 1 aliphatic rings. The third kappa shape index (κ3) is 2.19. The van der Waals surface area contributed by atoms with Gasteiger partial charge in [-0.25, -0.2) is 4.98 Å². The molecule has 1 fully saturated rings. The van der Waals surface area contributed by atoms with Gasteiger partial charge in [-0.3, -0.25) is 0 Å². The van der Waals surface area contributed by atoms with Gasteiger partial charge in [-0.1, -0.05) is 0 Å². The van der Waals surface area contributed by atoms with E-state index < -0.39 is 0 Å². The van der Waals surface area contributed by atoms with E-state index in [1.165, 1.54) is 29.8 Å². The van der Waals surface area contributed by atoms with Crippen LogP contribution >= 0.6 is 0 Å².